The predicted molar refractivity (Wildman–Crippen MR) is 108 cm³/mol. The summed E-state index contributed by atoms with van der Waals surface area (Å²) in [5, 5.41) is 4.39. The SMILES string of the molecule is Cc1ccc(Oc2cc(C)cc(-c3ncn(/C=C\C(=O)OC(C)C)n3)c2)cc1. The lowest BCUT2D eigenvalue weighted by Gasteiger charge is -2.08. The second-order valence-electron chi connectivity index (χ2n) is 6.80. The van der Waals surface area contributed by atoms with Gasteiger partial charge in [-0.25, -0.2) is 14.5 Å². The van der Waals surface area contributed by atoms with Crippen molar-refractivity contribution in [3.8, 4) is 22.9 Å². The summed E-state index contributed by atoms with van der Waals surface area (Å²) in [6.45, 7) is 7.62. The maximum atomic E-state index is 11.6. The van der Waals surface area contributed by atoms with E-state index in [9.17, 15) is 4.79 Å². The molecule has 3 aromatic rings. The normalized spacial score (nSPS) is 11.2. The fraction of sp³-hybridized carbons (Fsp3) is 0.227. The first-order valence-corrected chi connectivity index (χ1v) is 9.05. The summed E-state index contributed by atoms with van der Waals surface area (Å²) >= 11 is 0. The summed E-state index contributed by atoms with van der Waals surface area (Å²) in [5.74, 6) is 1.61. The van der Waals surface area contributed by atoms with Crippen LogP contribution < -0.4 is 4.74 Å². The first-order valence-electron chi connectivity index (χ1n) is 9.05. The van der Waals surface area contributed by atoms with Crippen molar-refractivity contribution in [3.63, 3.8) is 0 Å². The van der Waals surface area contributed by atoms with E-state index in [0.29, 0.717) is 11.6 Å². The summed E-state index contributed by atoms with van der Waals surface area (Å²) in [6.07, 6.45) is 4.21. The lowest BCUT2D eigenvalue weighted by Crippen LogP contribution is -2.08. The number of ether oxygens (including phenoxy) is 2. The molecule has 144 valence electrons. The Morgan fingerprint density at radius 2 is 1.79 bits per heavy atom. The maximum absolute atomic E-state index is 11.6. The van der Waals surface area contributed by atoms with Crippen molar-refractivity contribution in [2.24, 2.45) is 0 Å². The van der Waals surface area contributed by atoms with E-state index in [1.54, 1.807) is 13.8 Å². The van der Waals surface area contributed by atoms with Gasteiger partial charge < -0.3 is 9.47 Å². The van der Waals surface area contributed by atoms with Crippen LogP contribution in [0.3, 0.4) is 0 Å². The van der Waals surface area contributed by atoms with Gasteiger partial charge in [0.1, 0.15) is 17.8 Å². The highest BCUT2D eigenvalue weighted by Gasteiger charge is 2.08. The van der Waals surface area contributed by atoms with Crippen molar-refractivity contribution < 1.29 is 14.3 Å². The van der Waals surface area contributed by atoms with E-state index in [1.165, 1.54) is 28.8 Å². The number of carbonyl (C=O) groups excluding carboxylic acids is 1. The minimum atomic E-state index is -0.420. The van der Waals surface area contributed by atoms with Gasteiger partial charge in [0, 0.05) is 17.8 Å². The minimum Gasteiger partial charge on any atom is -0.460 e. The molecule has 0 radical (unpaired) electrons. The molecule has 0 aliphatic rings. The molecule has 28 heavy (non-hydrogen) atoms. The minimum absolute atomic E-state index is 0.164. The molecule has 2 aromatic carbocycles. The summed E-state index contributed by atoms with van der Waals surface area (Å²) in [7, 11) is 0. The van der Waals surface area contributed by atoms with Crippen LogP contribution in [0.2, 0.25) is 0 Å². The van der Waals surface area contributed by atoms with Crippen LogP contribution >= 0.6 is 0 Å². The highest BCUT2D eigenvalue weighted by molar-refractivity contribution is 5.85. The molecule has 1 aromatic heterocycles. The van der Waals surface area contributed by atoms with Crippen LogP contribution in [0.25, 0.3) is 17.6 Å². The average molecular weight is 377 g/mol. The molecular formula is C22H23N3O3. The van der Waals surface area contributed by atoms with E-state index >= 15 is 0 Å². The molecule has 0 atom stereocenters. The fourth-order valence-corrected chi connectivity index (χ4v) is 2.57. The predicted octanol–water partition coefficient (Wildman–Crippen LogP) is 4.78. The quantitative estimate of drug-likeness (QED) is 0.457. The van der Waals surface area contributed by atoms with Gasteiger partial charge in [-0.2, -0.15) is 0 Å². The fourth-order valence-electron chi connectivity index (χ4n) is 2.57. The van der Waals surface area contributed by atoms with Crippen molar-refractivity contribution in [3.05, 3.63) is 66.0 Å². The zero-order valence-corrected chi connectivity index (χ0v) is 16.4. The first-order chi connectivity index (χ1) is 13.4. The number of hydrogen-bond donors (Lipinski definition) is 0. The van der Waals surface area contributed by atoms with Crippen LogP contribution in [-0.4, -0.2) is 26.8 Å². The van der Waals surface area contributed by atoms with Gasteiger partial charge >= 0.3 is 5.97 Å². The van der Waals surface area contributed by atoms with Gasteiger partial charge in [-0.05, 0) is 63.6 Å². The Morgan fingerprint density at radius 1 is 1.04 bits per heavy atom. The van der Waals surface area contributed by atoms with E-state index in [0.717, 1.165) is 16.9 Å². The van der Waals surface area contributed by atoms with Crippen LogP contribution in [-0.2, 0) is 9.53 Å². The Labute approximate surface area is 164 Å². The van der Waals surface area contributed by atoms with Crippen LogP contribution in [0.5, 0.6) is 11.5 Å². The van der Waals surface area contributed by atoms with Crippen molar-refractivity contribution in [2.75, 3.05) is 0 Å². The Bertz CT molecular complexity index is 989. The molecule has 0 fully saturated rings. The Balaban J connectivity index is 1.77. The highest BCUT2D eigenvalue weighted by atomic mass is 16.5. The van der Waals surface area contributed by atoms with E-state index in [4.69, 9.17) is 9.47 Å². The van der Waals surface area contributed by atoms with Crippen LogP contribution in [0, 0.1) is 13.8 Å². The third-order valence-corrected chi connectivity index (χ3v) is 3.79. The smallest absolute Gasteiger partial charge is 0.332 e. The van der Waals surface area contributed by atoms with E-state index < -0.39 is 5.97 Å². The van der Waals surface area contributed by atoms with Gasteiger partial charge in [0.15, 0.2) is 5.82 Å². The summed E-state index contributed by atoms with van der Waals surface area (Å²) in [6, 6.07) is 13.7. The molecule has 0 aliphatic heterocycles. The first kappa shape index (κ1) is 19.4. The number of aromatic nitrogens is 3. The molecule has 6 nitrogen and oxygen atoms in total. The maximum Gasteiger partial charge on any atom is 0.332 e. The van der Waals surface area contributed by atoms with E-state index in [1.807, 2.05) is 56.3 Å². The standard InChI is InChI=1S/C22H23N3O3/c1-15(2)27-21(26)9-10-25-14-23-22(24-25)18-11-17(4)12-20(13-18)28-19-7-5-16(3)6-8-19/h5-15H,1-4H3/b10-9-. The Kier molecular flexibility index (Phi) is 5.89. The number of esters is 1. The lowest BCUT2D eigenvalue weighted by atomic mass is 10.1. The third kappa shape index (κ3) is 5.30. The van der Waals surface area contributed by atoms with Gasteiger partial charge in [0.2, 0.25) is 0 Å². The number of hydrogen-bond acceptors (Lipinski definition) is 5. The average Bonchev–Trinajstić information content (AvgIpc) is 3.10. The van der Waals surface area contributed by atoms with Crippen molar-refractivity contribution in [2.45, 2.75) is 33.8 Å². The number of nitrogens with zero attached hydrogens (tertiary/aromatic N) is 3. The molecule has 0 unspecified atom stereocenters. The number of aryl methyl sites for hydroxylation is 2. The Morgan fingerprint density at radius 3 is 2.50 bits per heavy atom. The zero-order chi connectivity index (χ0) is 20.1. The second-order valence-corrected chi connectivity index (χ2v) is 6.80. The molecule has 3 rings (SSSR count). The Hall–Kier alpha value is -3.41. The third-order valence-electron chi connectivity index (χ3n) is 3.79. The second kappa shape index (κ2) is 8.52. The van der Waals surface area contributed by atoms with Gasteiger partial charge in [-0.15, -0.1) is 5.10 Å². The molecule has 0 N–H and O–H groups in total. The zero-order valence-electron chi connectivity index (χ0n) is 16.4. The largest absolute Gasteiger partial charge is 0.460 e. The van der Waals surface area contributed by atoms with Crippen molar-refractivity contribution >= 4 is 12.2 Å². The lowest BCUT2D eigenvalue weighted by molar-refractivity contribution is -0.141. The van der Waals surface area contributed by atoms with Crippen LogP contribution in [0.4, 0.5) is 0 Å². The monoisotopic (exact) mass is 377 g/mol. The number of carbonyl (C=O) groups is 1. The topological polar surface area (TPSA) is 66.2 Å². The molecule has 1 heterocycles. The van der Waals surface area contributed by atoms with E-state index in [-0.39, 0.29) is 6.10 Å². The molecule has 0 saturated heterocycles. The summed E-state index contributed by atoms with van der Waals surface area (Å²) in [5.41, 5.74) is 3.04. The van der Waals surface area contributed by atoms with Crippen molar-refractivity contribution in [1.82, 2.24) is 14.8 Å². The molecule has 0 aliphatic carbocycles. The van der Waals surface area contributed by atoms with Crippen LogP contribution in [0.15, 0.2) is 54.9 Å². The van der Waals surface area contributed by atoms with Gasteiger partial charge in [0.05, 0.1) is 6.10 Å². The summed E-state index contributed by atoms with van der Waals surface area (Å²) < 4.78 is 12.5. The molecule has 0 bridgehead atoms. The number of rotatable bonds is 6. The molecule has 6 heteroatoms. The van der Waals surface area contributed by atoms with Gasteiger partial charge in [-0.3, -0.25) is 0 Å². The molecule has 0 saturated carbocycles. The van der Waals surface area contributed by atoms with Crippen molar-refractivity contribution in [1.29, 1.82) is 0 Å². The molecule has 0 spiro atoms. The molecular weight excluding hydrogens is 354 g/mol. The van der Waals surface area contributed by atoms with Crippen LogP contribution in [0.1, 0.15) is 25.0 Å². The number of benzene rings is 2. The van der Waals surface area contributed by atoms with Gasteiger partial charge in [0.25, 0.3) is 0 Å². The highest BCUT2D eigenvalue weighted by Crippen LogP contribution is 2.27. The van der Waals surface area contributed by atoms with E-state index in [2.05, 4.69) is 10.1 Å². The molecule has 0 amide bonds. The summed E-state index contributed by atoms with van der Waals surface area (Å²) in [4.78, 5) is 15.9. The van der Waals surface area contributed by atoms with Gasteiger partial charge in [-0.1, -0.05) is 17.7 Å².